The molecule has 2 aromatic rings. The summed E-state index contributed by atoms with van der Waals surface area (Å²) in [7, 11) is 0. The van der Waals surface area contributed by atoms with Gasteiger partial charge in [0.05, 0.1) is 10.9 Å². The zero-order valence-corrected chi connectivity index (χ0v) is 14.8. The number of hydrogen-bond acceptors (Lipinski definition) is 2. The minimum absolute atomic E-state index is 0.0460. The summed E-state index contributed by atoms with van der Waals surface area (Å²) in [6.07, 6.45) is 1.43. The molecule has 2 aromatic carbocycles. The summed E-state index contributed by atoms with van der Waals surface area (Å²) in [5, 5.41) is 5.53. The monoisotopic (exact) mass is 375 g/mol. The van der Waals surface area contributed by atoms with E-state index in [1.54, 1.807) is 4.90 Å². The standard InChI is InChI=1S/C19H19ClFN3O2/c20-16-11-15(8-9-17(16)21)22-18(25)13-5-4-10-24(12-13)19(26)23-14-6-2-1-3-7-14/h1-3,6-9,11,13H,4-5,10,12H2,(H,22,25)(H,23,26)/t13-/m0/s1. The topological polar surface area (TPSA) is 61.4 Å². The van der Waals surface area contributed by atoms with Gasteiger partial charge in [0.1, 0.15) is 5.82 Å². The van der Waals surface area contributed by atoms with Crippen LogP contribution in [0, 0.1) is 11.7 Å². The van der Waals surface area contributed by atoms with Gasteiger partial charge in [0, 0.05) is 24.5 Å². The third-order valence-electron chi connectivity index (χ3n) is 4.29. The fraction of sp³-hybridized carbons (Fsp3) is 0.263. The number of halogens is 2. The summed E-state index contributed by atoms with van der Waals surface area (Å²) in [5.41, 5.74) is 1.15. The number of carbonyl (C=O) groups excluding carboxylic acids is 2. The molecule has 0 spiro atoms. The molecule has 1 fully saturated rings. The van der Waals surface area contributed by atoms with E-state index >= 15 is 0 Å². The fourth-order valence-corrected chi connectivity index (χ4v) is 3.10. The lowest BCUT2D eigenvalue weighted by Gasteiger charge is -2.32. The maximum Gasteiger partial charge on any atom is 0.321 e. The number of benzene rings is 2. The van der Waals surface area contributed by atoms with Crippen molar-refractivity contribution in [1.82, 2.24) is 4.90 Å². The molecule has 2 N–H and O–H groups in total. The Hall–Kier alpha value is -2.60. The molecule has 1 aliphatic rings. The minimum atomic E-state index is -0.536. The zero-order valence-electron chi connectivity index (χ0n) is 14.0. The van der Waals surface area contributed by atoms with Gasteiger partial charge in [0.25, 0.3) is 0 Å². The van der Waals surface area contributed by atoms with Crippen LogP contribution in [0.4, 0.5) is 20.6 Å². The van der Waals surface area contributed by atoms with Crippen molar-refractivity contribution in [1.29, 1.82) is 0 Å². The molecule has 5 nitrogen and oxygen atoms in total. The van der Waals surface area contributed by atoms with Crippen LogP contribution in [0.3, 0.4) is 0 Å². The van der Waals surface area contributed by atoms with Gasteiger partial charge < -0.3 is 15.5 Å². The number of nitrogens with zero attached hydrogens (tertiary/aromatic N) is 1. The van der Waals surface area contributed by atoms with Crippen LogP contribution < -0.4 is 10.6 Å². The summed E-state index contributed by atoms with van der Waals surface area (Å²) >= 11 is 5.74. The van der Waals surface area contributed by atoms with E-state index in [0.29, 0.717) is 30.9 Å². The Bertz CT molecular complexity index is 801. The van der Waals surface area contributed by atoms with Crippen LogP contribution in [-0.4, -0.2) is 29.9 Å². The minimum Gasteiger partial charge on any atom is -0.326 e. The molecule has 136 valence electrons. The molecule has 0 saturated carbocycles. The largest absolute Gasteiger partial charge is 0.326 e. The third kappa shape index (κ3) is 4.52. The van der Waals surface area contributed by atoms with E-state index in [-0.39, 0.29) is 22.9 Å². The van der Waals surface area contributed by atoms with Crippen molar-refractivity contribution in [2.24, 2.45) is 5.92 Å². The Kier molecular flexibility index (Phi) is 5.73. The summed E-state index contributed by atoms with van der Waals surface area (Å²) in [6, 6.07) is 13.0. The lowest BCUT2D eigenvalue weighted by atomic mass is 9.97. The first-order chi connectivity index (χ1) is 12.5. The van der Waals surface area contributed by atoms with E-state index in [4.69, 9.17) is 11.6 Å². The highest BCUT2D eigenvalue weighted by molar-refractivity contribution is 6.31. The number of piperidine rings is 1. The van der Waals surface area contributed by atoms with Crippen LogP contribution in [0.2, 0.25) is 5.02 Å². The second-order valence-corrected chi connectivity index (χ2v) is 6.61. The molecule has 26 heavy (non-hydrogen) atoms. The van der Waals surface area contributed by atoms with Gasteiger partial charge in [-0.1, -0.05) is 29.8 Å². The van der Waals surface area contributed by atoms with Gasteiger partial charge in [-0.15, -0.1) is 0 Å². The average Bonchev–Trinajstić information content (AvgIpc) is 2.65. The molecule has 3 amide bonds. The summed E-state index contributed by atoms with van der Waals surface area (Å²) in [4.78, 5) is 26.5. The normalized spacial score (nSPS) is 16.8. The van der Waals surface area contributed by atoms with Crippen molar-refractivity contribution in [3.8, 4) is 0 Å². The molecule has 1 atom stereocenters. The molecular formula is C19H19ClFN3O2. The van der Waals surface area contributed by atoms with Crippen LogP contribution in [0.15, 0.2) is 48.5 Å². The highest BCUT2D eigenvalue weighted by atomic mass is 35.5. The highest BCUT2D eigenvalue weighted by Gasteiger charge is 2.28. The Morgan fingerprint density at radius 3 is 2.58 bits per heavy atom. The van der Waals surface area contributed by atoms with Crippen molar-refractivity contribution >= 4 is 34.9 Å². The first kappa shape index (κ1) is 18.2. The van der Waals surface area contributed by atoms with Gasteiger partial charge in [0.2, 0.25) is 5.91 Å². The summed E-state index contributed by atoms with van der Waals surface area (Å²) in [5.74, 6) is -1.06. The average molecular weight is 376 g/mol. The second kappa shape index (κ2) is 8.19. The van der Waals surface area contributed by atoms with Gasteiger partial charge in [0.15, 0.2) is 0 Å². The predicted molar refractivity (Wildman–Crippen MR) is 99.8 cm³/mol. The van der Waals surface area contributed by atoms with Gasteiger partial charge in [-0.3, -0.25) is 4.79 Å². The number of urea groups is 1. The summed E-state index contributed by atoms with van der Waals surface area (Å²) < 4.78 is 13.2. The van der Waals surface area contributed by atoms with Crippen LogP contribution in [-0.2, 0) is 4.79 Å². The molecule has 0 unspecified atom stereocenters. The van der Waals surface area contributed by atoms with Gasteiger partial charge in [-0.2, -0.15) is 0 Å². The van der Waals surface area contributed by atoms with E-state index in [2.05, 4.69) is 10.6 Å². The number of amides is 3. The number of nitrogens with one attached hydrogen (secondary N) is 2. The van der Waals surface area contributed by atoms with E-state index in [0.717, 1.165) is 6.42 Å². The molecule has 1 saturated heterocycles. The smallest absolute Gasteiger partial charge is 0.321 e. The van der Waals surface area contributed by atoms with Gasteiger partial charge in [-0.05, 0) is 43.2 Å². The highest BCUT2D eigenvalue weighted by Crippen LogP contribution is 2.22. The van der Waals surface area contributed by atoms with Crippen molar-refractivity contribution in [2.45, 2.75) is 12.8 Å². The molecule has 0 bridgehead atoms. The Morgan fingerprint density at radius 2 is 1.85 bits per heavy atom. The molecule has 1 heterocycles. The van der Waals surface area contributed by atoms with Crippen molar-refractivity contribution < 1.29 is 14.0 Å². The lowest BCUT2D eigenvalue weighted by Crippen LogP contribution is -2.45. The quantitative estimate of drug-likeness (QED) is 0.837. The van der Waals surface area contributed by atoms with Crippen molar-refractivity contribution in [3.05, 3.63) is 59.4 Å². The lowest BCUT2D eigenvalue weighted by molar-refractivity contribution is -0.121. The number of para-hydroxylation sites is 1. The molecule has 0 aromatic heterocycles. The zero-order chi connectivity index (χ0) is 18.5. The van der Waals surface area contributed by atoms with Crippen LogP contribution in [0.1, 0.15) is 12.8 Å². The first-order valence-corrected chi connectivity index (χ1v) is 8.77. The molecule has 0 radical (unpaired) electrons. The fourth-order valence-electron chi connectivity index (χ4n) is 2.92. The number of carbonyl (C=O) groups is 2. The SMILES string of the molecule is O=C(Nc1ccc(F)c(Cl)c1)[C@H]1CCCN(C(=O)Nc2ccccc2)C1. The number of likely N-dealkylation sites (tertiary alicyclic amines) is 1. The number of rotatable bonds is 3. The van der Waals surface area contributed by atoms with E-state index in [9.17, 15) is 14.0 Å². The van der Waals surface area contributed by atoms with Gasteiger partial charge in [-0.25, -0.2) is 9.18 Å². The van der Waals surface area contributed by atoms with Crippen molar-refractivity contribution in [2.75, 3.05) is 23.7 Å². The van der Waals surface area contributed by atoms with Crippen molar-refractivity contribution in [3.63, 3.8) is 0 Å². The van der Waals surface area contributed by atoms with Gasteiger partial charge >= 0.3 is 6.03 Å². The third-order valence-corrected chi connectivity index (χ3v) is 4.58. The second-order valence-electron chi connectivity index (χ2n) is 6.20. The van der Waals surface area contributed by atoms with E-state index in [1.807, 2.05) is 30.3 Å². The van der Waals surface area contributed by atoms with Crippen LogP contribution >= 0.6 is 11.6 Å². The molecular weight excluding hydrogens is 357 g/mol. The Balaban J connectivity index is 1.59. The maximum absolute atomic E-state index is 13.2. The maximum atomic E-state index is 13.2. The van der Waals surface area contributed by atoms with E-state index in [1.165, 1.54) is 18.2 Å². The molecule has 1 aliphatic heterocycles. The van der Waals surface area contributed by atoms with Crippen LogP contribution in [0.5, 0.6) is 0 Å². The molecule has 0 aliphatic carbocycles. The van der Waals surface area contributed by atoms with E-state index < -0.39 is 5.82 Å². The number of hydrogen-bond donors (Lipinski definition) is 2. The molecule has 3 rings (SSSR count). The first-order valence-electron chi connectivity index (χ1n) is 8.40. The predicted octanol–water partition coefficient (Wildman–Crippen LogP) is 4.36. The summed E-state index contributed by atoms with van der Waals surface area (Å²) in [6.45, 7) is 0.935. The van der Waals surface area contributed by atoms with Crippen LogP contribution in [0.25, 0.3) is 0 Å². The Labute approximate surface area is 156 Å². The Morgan fingerprint density at radius 1 is 1.08 bits per heavy atom. The molecule has 7 heteroatoms. The number of anilines is 2.